The van der Waals surface area contributed by atoms with Crippen LogP contribution < -0.4 is 14.9 Å². The molecule has 3 heterocycles. The van der Waals surface area contributed by atoms with Gasteiger partial charge in [0.1, 0.15) is 11.9 Å². The second kappa shape index (κ2) is 12.4. The Bertz CT molecular complexity index is 1750. The Balaban J connectivity index is 1.47. The van der Waals surface area contributed by atoms with E-state index in [1.165, 1.54) is 17.1 Å². The maximum Gasteiger partial charge on any atom is 0.262 e. The molecule has 13 nitrogen and oxygen atoms in total. The summed E-state index contributed by atoms with van der Waals surface area (Å²) in [6.07, 6.45) is 5.97. The first-order valence-electron chi connectivity index (χ1n) is 12.4. The van der Waals surface area contributed by atoms with Gasteiger partial charge in [-0.05, 0) is 44.0 Å². The fourth-order valence-electron chi connectivity index (χ4n) is 3.99. The first-order valence-corrected chi connectivity index (χ1v) is 15.5. The molecule has 3 N–H and O–H groups in total. The molecule has 0 spiro atoms. The lowest BCUT2D eigenvalue weighted by Gasteiger charge is -2.19. The van der Waals surface area contributed by atoms with Crippen molar-refractivity contribution in [2.45, 2.75) is 26.3 Å². The van der Waals surface area contributed by atoms with Crippen molar-refractivity contribution in [1.29, 1.82) is 5.26 Å². The normalized spacial score (nSPS) is 12.2. The highest BCUT2D eigenvalue weighted by atomic mass is 32.2. The van der Waals surface area contributed by atoms with Gasteiger partial charge in [0.15, 0.2) is 21.3 Å². The summed E-state index contributed by atoms with van der Waals surface area (Å²) in [6, 6.07) is 12.0. The quantitative estimate of drug-likeness (QED) is 0.217. The third-order valence-corrected chi connectivity index (χ3v) is 7.40. The molecule has 214 valence electrons. The number of nitrogens with one attached hydrogen (secondary N) is 2. The van der Waals surface area contributed by atoms with Gasteiger partial charge in [-0.15, -0.1) is 0 Å². The van der Waals surface area contributed by atoms with Crippen LogP contribution >= 0.6 is 0 Å². The number of pyridine rings is 2. The number of fused-ring (bicyclic) bond motifs is 1. The lowest BCUT2D eigenvalue weighted by molar-refractivity contribution is 0.0954. The molecule has 4 rings (SSSR count). The molecular weight excluding hydrogens is 568 g/mol. The van der Waals surface area contributed by atoms with Gasteiger partial charge in [0, 0.05) is 42.7 Å². The van der Waals surface area contributed by atoms with E-state index in [1.807, 2.05) is 13.8 Å². The highest BCUT2D eigenvalue weighted by Gasteiger charge is 2.19. The van der Waals surface area contributed by atoms with Crippen LogP contribution in [0.2, 0.25) is 0 Å². The number of rotatable bonds is 11. The zero-order valence-corrected chi connectivity index (χ0v) is 24.1. The fraction of sp³-hybridized carbons (Fsp3) is 0.269. The van der Waals surface area contributed by atoms with Crippen molar-refractivity contribution in [2.24, 2.45) is 0 Å². The smallest absolute Gasteiger partial charge is 0.262 e. The number of carbonyl (C=O) groups excluding carboxylic acids is 1. The minimum atomic E-state index is -3.52. The molecule has 0 saturated heterocycles. The number of hydrogen-bond donors (Lipinski definition) is 3. The van der Waals surface area contributed by atoms with Gasteiger partial charge in [-0.1, -0.05) is 12.1 Å². The molecule has 0 fully saturated rings. The first-order chi connectivity index (χ1) is 19.4. The molecule has 1 aromatic carbocycles. The van der Waals surface area contributed by atoms with Crippen LogP contribution in [0.5, 0.6) is 0 Å². The summed E-state index contributed by atoms with van der Waals surface area (Å²) >= 11 is -2.50. The topological polar surface area (TPSA) is 183 Å². The van der Waals surface area contributed by atoms with Crippen LogP contribution in [-0.4, -0.2) is 67.6 Å². The Kier molecular flexibility index (Phi) is 8.96. The number of hydrogen-bond acceptors (Lipinski definition) is 9. The van der Waals surface area contributed by atoms with Gasteiger partial charge in [0.25, 0.3) is 17.2 Å². The Morgan fingerprint density at radius 2 is 1.90 bits per heavy atom. The number of benzene rings is 1. The molecular formula is C26H28N8O5S2. The molecule has 4 aromatic rings. The molecule has 1 unspecified atom stereocenters. The molecule has 0 radical (unpaired) electrons. The molecule has 1 atom stereocenters. The maximum absolute atomic E-state index is 13.1. The number of sulfone groups is 1. The minimum absolute atomic E-state index is 0.0245. The maximum atomic E-state index is 13.1. The average Bonchev–Trinajstić information content (AvgIpc) is 3.34. The Morgan fingerprint density at radius 3 is 2.54 bits per heavy atom. The van der Waals surface area contributed by atoms with Crippen LogP contribution in [0.15, 0.2) is 55.0 Å². The molecule has 15 heteroatoms. The Morgan fingerprint density at radius 1 is 1.17 bits per heavy atom. The molecule has 3 aromatic heterocycles. The van der Waals surface area contributed by atoms with Crippen molar-refractivity contribution in [3.63, 3.8) is 0 Å². The van der Waals surface area contributed by atoms with Gasteiger partial charge in [-0.25, -0.2) is 22.6 Å². The molecule has 0 aliphatic carbocycles. The van der Waals surface area contributed by atoms with Crippen LogP contribution in [0.4, 0.5) is 11.4 Å². The zero-order valence-electron chi connectivity index (χ0n) is 22.5. The number of aromatic nitrogens is 4. The summed E-state index contributed by atoms with van der Waals surface area (Å²) in [7, 11) is -3.52. The molecule has 0 aliphatic rings. The van der Waals surface area contributed by atoms with Crippen LogP contribution in [0.1, 0.15) is 35.3 Å². The van der Waals surface area contributed by atoms with Crippen molar-refractivity contribution < 1.29 is 22.0 Å². The van der Waals surface area contributed by atoms with E-state index in [2.05, 4.69) is 31.8 Å². The van der Waals surface area contributed by atoms with E-state index < -0.39 is 27.0 Å². The molecule has 0 bridgehead atoms. The number of anilines is 2. The van der Waals surface area contributed by atoms with E-state index >= 15 is 0 Å². The number of amides is 1. The second-order valence-electron chi connectivity index (χ2n) is 9.53. The van der Waals surface area contributed by atoms with E-state index in [1.54, 1.807) is 42.6 Å². The predicted octanol–water partition coefficient (Wildman–Crippen LogP) is 2.43. The van der Waals surface area contributed by atoms with E-state index in [4.69, 9.17) is 5.26 Å². The number of nitrogens with zero attached hydrogens (tertiary/aromatic N) is 6. The minimum Gasteiger partial charge on any atom is -0.382 e. The zero-order chi connectivity index (χ0) is 29.7. The van der Waals surface area contributed by atoms with E-state index in [9.17, 15) is 22.0 Å². The Hall–Kier alpha value is -4.39. The van der Waals surface area contributed by atoms with Gasteiger partial charge in [-0.2, -0.15) is 15.0 Å². The van der Waals surface area contributed by atoms with Crippen LogP contribution in [0.3, 0.4) is 0 Å². The summed E-state index contributed by atoms with van der Waals surface area (Å²) in [6.45, 7) is 4.20. The van der Waals surface area contributed by atoms with Crippen LogP contribution in [0, 0.1) is 11.3 Å². The van der Waals surface area contributed by atoms with Crippen molar-refractivity contribution in [1.82, 2.24) is 25.1 Å². The second-order valence-corrected chi connectivity index (χ2v) is 12.5. The number of carbonyl (C=O) groups is 1. The monoisotopic (exact) mass is 596 g/mol. The Labute approximate surface area is 239 Å². The summed E-state index contributed by atoms with van der Waals surface area (Å²) < 4.78 is 46.7. The van der Waals surface area contributed by atoms with E-state index in [0.29, 0.717) is 46.6 Å². The van der Waals surface area contributed by atoms with Gasteiger partial charge in [0.2, 0.25) is 0 Å². The van der Waals surface area contributed by atoms with Gasteiger partial charge < -0.3 is 10.6 Å². The lowest BCUT2D eigenvalue weighted by Crippen LogP contribution is -2.30. The molecule has 0 aliphatic heterocycles. The van der Waals surface area contributed by atoms with Gasteiger partial charge in [-0.3, -0.25) is 13.7 Å². The third kappa shape index (κ3) is 7.42. The summed E-state index contributed by atoms with van der Waals surface area (Å²) in [5.74, 6) is -0.480. The van der Waals surface area contributed by atoms with Crippen molar-refractivity contribution in [3.8, 4) is 11.9 Å². The summed E-state index contributed by atoms with van der Waals surface area (Å²) in [4.78, 5) is 21.9. The standard InChI is InChI=1S/C26H28N8O5S2/c1-17(2)32-23-11-24(34-25-20(14-31-34)10-19(12-27)13-30-25)29-15-22(23)26(35)28-9-8-18-4-6-21(7-5-18)33(40(36)37)16-41(3,38)39/h4-7,10-11,13-15,17H,8-9,16H2,1-3H3,(H,28,35)(H,29,32)(H,36,37). The SMILES string of the molecule is CC(C)Nc1cc(-n2ncc3cc(C#N)cnc32)ncc1C(=O)NCCc1ccc(N(CS(C)(=O)=O)S(=O)O)cc1. The van der Waals surface area contributed by atoms with E-state index in [-0.39, 0.29) is 17.6 Å². The average molecular weight is 597 g/mol. The van der Waals surface area contributed by atoms with Crippen molar-refractivity contribution in [2.75, 3.05) is 28.3 Å². The molecule has 0 saturated carbocycles. The summed E-state index contributed by atoms with van der Waals surface area (Å²) in [5.41, 5.74) is 2.97. The first kappa shape index (κ1) is 29.6. The highest BCUT2D eigenvalue weighted by molar-refractivity contribution is 7.92. The van der Waals surface area contributed by atoms with Crippen LogP contribution in [0.25, 0.3) is 16.9 Å². The predicted molar refractivity (Wildman–Crippen MR) is 156 cm³/mol. The number of nitriles is 1. The summed E-state index contributed by atoms with van der Waals surface area (Å²) in [5, 5.41) is 20.3. The van der Waals surface area contributed by atoms with Crippen molar-refractivity contribution in [3.05, 3.63) is 71.7 Å². The van der Waals surface area contributed by atoms with Crippen molar-refractivity contribution >= 4 is 49.4 Å². The van der Waals surface area contributed by atoms with E-state index in [0.717, 1.165) is 16.1 Å². The molecule has 41 heavy (non-hydrogen) atoms. The largest absolute Gasteiger partial charge is 0.382 e. The fourth-order valence-corrected chi connectivity index (χ4v) is 5.80. The lowest BCUT2D eigenvalue weighted by atomic mass is 10.1. The van der Waals surface area contributed by atoms with Crippen LogP contribution in [-0.2, 0) is 27.5 Å². The molecule has 1 amide bonds. The van der Waals surface area contributed by atoms with Gasteiger partial charge >= 0.3 is 0 Å². The third-order valence-electron chi connectivity index (χ3n) is 5.80. The van der Waals surface area contributed by atoms with Gasteiger partial charge in [0.05, 0.1) is 28.7 Å². The highest BCUT2D eigenvalue weighted by Crippen LogP contribution is 2.22.